The van der Waals surface area contributed by atoms with Crippen LogP contribution in [-0.2, 0) is 22.5 Å². The maximum Gasteiger partial charge on any atom is 0.410 e. The summed E-state index contributed by atoms with van der Waals surface area (Å²) in [7, 11) is 0. The molecule has 0 radical (unpaired) electrons. The van der Waals surface area contributed by atoms with Gasteiger partial charge in [-0.3, -0.25) is 14.6 Å². The van der Waals surface area contributed by atoms with Gasteiger partial charge in [-0.05, 0) is 59.1 Å². The van der Waals surface area contributed by atoms with Gasteiger partial charge in [-0.2, -0.15) is 0 Å². The predicted octanol–water partition coefficient (Wildman–Crippen LogP) is 3.97. The molecule has 3 atom stereocenters. The van der Waals surface area contributed by atoms with Crippen molar-refractivity contribution in [2.45, 2.75) is 83.8 Å². The molecule has 230 valence electrons. The summed E-state index contributed by atoms with van der Waals surface area (Å²) in [4.78, 5) is 43.6. The average molecular weight is 583 g/mol. The number of amides is 3. The topological polar surface area (TPSA) is 123 Å². The molecule has 10 nitrogen and oxygen atoms in total. The second-order valence-corrected chi connectivity index (χ2v) is 12.9. The fourth-order valence-electron chi connectivity index (χ4n) is 5.01. The molecule has 1 fully saturated rings. The highest BCUT2D eigenvalue weighted by atomic mass is 16.6. The molecular formula is C32H46N4O6. The van der Waals surface area contributed by atoms with Gasteiger partial charge >= 0.3 is 12.2 Å². The summed E-state index contributed by atoms with van der Waals surface area (Å²) in [6.07, 6.45) is -2.48. The van der Waals surface area contributed by atoms with Gasteiger partial charge in [0.25, 0.3) is 0 Å². The van der Waals surface area contributed by atoms with Crippen LogP contribution in [0.25, 0.3) is 0 Å². The number of benzene rings is 2. The number of piperazine rings is 1. The Labute approximate surface area is 249 Å². The summed E-state index contributed by atoms with van der Waals surface area (Å²) >= 11 is 0. The molecule has 1 saturated heterocycles. The lowest BCUT2D eigenvalue weighted by molar-refractivity contribution is -0.131. The van der Waals surface area contributed by atoms with Gasteiger partial charge in [0.15, 0.2) is 0 Å². The van der Waals surface area contributed by atoms with Crippen molar-refractivity contribution in [2.75, 3.05) is 26.2 Å². The molecule has 0 unspecified atom stereocenters. The lowest BCUT2D eigenvalue weighted by atomic mass is 9.97. The Hall–Kier alpha value is -3.63. The van der Waals surface area contributed by atoms with Gasteiger partial charge in [0, 0.05) is 38.3 Å². The molecule has 1 heterocycles. The smallest absolute Gasteiger partial charge is 0.410 e. The van der Waals surface area contributed by atoms with E-state index in [9.17, 15) is 24.6 Å². The van der Waals surface area contributed by atoms with Crippen molar-refractivity contribution in [2.24, 2.45) is 0 Å². The van der Waals surface area contributed by atoms with E-state index in [1.807, 2.05) is 86.3 Å². The lowest BCUT2D eigenvalue weighted by Gasteiger charge is -2.43. The highest BCUT2D eigenvalue weighted by Crippen LogP contribution is 2.21. The molecule has 2 aromatic rings. The van der Waals surface area contributed by atoms with Gasteiger partial charge in [0.1, 0.15) is 11.6 Å². The van der Waals surface area contributed by atoms with Crippen LogP contribution in [0.4, 0.5) is 9.59 Å². The number of aliphatic hydroxyl groups excluding tert-OH is 1. The Kier molecular flexibility index (Phi) is 11.0. The Morgan fingerprint density at radius 3 is 2.05 bits per heavy atom. The molecule has 0 saturated carbocycles. The van der Waals surface area contributed by atoms with Gasteiger partial charge in [-0.25, -0.2) is 9.59 Å². The Bertz CT molecular complexity index is 1180. The van der Waals surface area contributed by atoms with Crippen molar-refractivity contribution < 1.29 is 29.3 Å². The van der Waals surface area contributed by atoms with E-state index in [1.165, 1.54) is 9.80 Å². The van der Waals surface area contributed by atoms with Crippen LogP contribution in [0.5, 0.6) is 0 Å². The third kappa shape index (κ3) is 10.0. The number of carbonyl (C=O) groups excluding carboxylic acids is 2. The summed E-state index contributed by atoms with van der Waals surface area (Å²) in [5.74, 6) is -0.276. The summed E-state index contributed by atoms with van der Waals surface area (Å²) in [6.45, 7) is 11.8. The minimum Gasteiger partial charge on any atom is -0.465 e. The zero-order valence-corrected chi connectivity index (χ0v) is 25.6. The van der Waals surface area contributed by atoms with E-state index >= 15 is 0 Å². The van der Waals surface area contributed by atoms with Crippen molar-refractivity contribution in [1.29, 1.82) is 0 Å². The molecule has 3 rings (SSSR count). The molecule has 1 aliphatic rings. The van der Waals surface area contributed by atoms with E-state index in [1.54, 1.807) is 20.8 Å². The van der Waals surface area contributed by atoms with E-state index in [2.05, 4.69) is 5.32 Å². The molecule has 0 aliphatic carbocycles. The monoisotopic (exact) mass is 582 g/mol. The van der Waals surface area contributed by atoms with Gasteiger partial charge in [0.2, 0.25) is 5.91 Å². The highest BCUT2D eigenvalue weighted by molar-refractivity contribution is 5.83. The zero-order chi connectivity index (χ0) is 31.1. The number of hydrogen-bond donors (Lipinski definition) is 3. The SMILES string of the molecule is CC(C)(C)NC(=O)[C@@H]1CN(C(=O)OC(C)(C)C)CCN1C[C@H](O)[C@H](Cc1ccccc1)N(Cc1ccccc1)C(=O)O. The third-order valence-electron chi connectivity index (χ3n) is 6.94. The first-order valence-corrected chi connectivity index (χ1v) is 14.4. The maximum absolute atomic E-state index is 13.5. The van der Waals surface area contributed by atoms with Crippen molar-refractivity contribution >= 4 is 18.1 Å². The van der Waals surface area contributed by atoms with Crippen molar-refractivity contribution in [3.05, 3.63) is 71.8 Å². The normalized spacial score (nSPS) is 17.7. The van der Waals surface area contributed by atoms with Crippen LogP contribution in [0.3, 0.4) is 0 Å². The number of β-amino-alcohol motifs (C(OH)–C–C–N with tert-alkyl or cyclic N) is 1. The minimum atomic E-state index is -1.14. The van der Waals surface area contributed by atoms with Gasteiger partial charge in [-0.15, -0.1) is 0 Å². The van der Waals surface area contributed by atoms with E-state index < -0.39 is 41.5 Å². The number of carbonyl (C=O) groups is 3. The van der Waals surface area contributed by atoms with Crippen LogP contribution in [0.15, 0.2) is 60.7 Å². The highest BCUT2D eigenvalue weighted by Gasteiger charge is 2.40. The average Bonchev–Trinajstić information content (AvgIpc) is 2.90. The van der Waals surface area contributed by atoms with E-state index in [0.717, 1.165) is 11.1 Å². The first kappa shape index (κ1) is 32.9. The van der Waals surface area contributed by atoms with Crippen LogP contribution < -0.4 is 5.32 Å². The maximum atomic E-state index is 13.5. The number of ether oxygens (including phenoxy) is 1. The van der Waals surface area contributed by atoms with Crippen LogP contribution in [0.1, 0.15) is 52.7 Å². The van der Waals surface area contributed by atoms with Crippen LogP contribution >= 0.6 is 0 Å². The standard InChI is InChI=1S/C32H46N4O6/c1-31(2,3)33-28(38)26-21-35(30(41)42-32(4,5)6)18-17-34(26)22-27(37)25(19-23-13-9-7-10-14-23)36(29(39)40)20-24-15-11-8-12-16-24/h7-16,25-27,37H,17-22H2,1-6H3,(H,33,38)(H,39,40)/t25-,26-,27-/m0/s1. The number of aliphatic hydroxyl groups is 1. The number of nitrogens with one attached hydrogen (secondary N) is 1. The summed E-state index contributed by atoms with van der Waals surface area (Å²) in [5.41, 5.74) is 0.495. The van der Waals surface area contributed by atoms with E-state index in [4.69, 9.17) is 4.74 Å². The summed E-state index contributed by atoms with van der Waals surface area (Å²) < 4.78 is 5.56. The fourth-order valence-corrected chi connectivity index (χ4v) is 5.01. The van der Waals surface area contributed by atoms with E-state index in [0.29, 0.717) is 13.1 Å². The van der Waals surface area contributed by atoms with Gasteiger partial charge in [-0.1, -0.05) is 60.7 Å². The second kappa shape index (κ2) is 14.0. The quantitative estimate of drug-likeness (QED) is 0.409. The number of hydrogen-bond acceptors (Lipinski definition) is 6. The second-order valence-electron chi connectivity index (χ2n) is 12.9. The zero-order valence-electron chi connectivity index (χ0n) is 25.6. The van der Waals surface area contributed by atoms with Crippen LogP contribution in [0, 0.1) is 0 Å². The molecule has 3 amide bonds. The molecule has 1 aliphatic heterocycles. The Balaban J connectivity index is 1.88. The molecule has 3 N–H and O–H groups in total. The Morgan fingerprint density at radius 2 is 1.52 bits per heavy atom. The summed E-state index contributed by atoms with van der Waals surface area (Å²) in [6, 6.07) is 17.2. The van der Waals surface area contributed by atoms with Crippen LogP contribution in [0.2, 0.25) is 0 Å². The molecule has 0 spiro atoms. The molecular weight excluding hydrogens is 536 g/mol. The molecule has 2 aromatic carbocycles. The van der Waals surface area contributed by atoms with Crippen LogP contribution in [-0.4, -0.2) is 98.5 Å². The number of rotatable bonds is 9. The van der Waals surface area contributed by atoms with Gasteiger partial charge < -0.3 is 25.2 Å². The van der Waals surface area contributed by atoms with E-state index in [-0.39, 0.29) is 32.0 Å². The first-order chi connectivity index (χ1) is 19.6. The molecule has 0 aromatic heterocycles. The molecule has 42 heavy (non-hydrogen) atoms. The number of carboxylic acid groups (broad SMARTS) is 1. The Morgan fingerprint density at radius 1 is 0.952 bits per heavy atom. The molecule has 10 heteroatoms. The summed E-state index contributed by atoms with van der Waals surface area (Å²) in [5, 5.41) is 25.0. The minimum absolute atomic E-state index is 0.0421. The van der Waals surface area contributed by atoms with Crippen molar-refractivity contribution in [1.82, 2.24) is 20.0 Å². The predicted molar refractivity (Wildman–Crippen MR) is 161 cm³/mol. The lowest BCUT2D eigenvalue weighted by Crippen LogP contribution is -2.64. The third-order valence-corrected chi connectivity index (χ3v) is 6.94. The largest absolute Gasteiger partial charge is 0.465 e. The van der Waals surface area contributed by atoms with Crippen molar-refractivity contribution in [3.8, 4) is 0 Å². The van der Waals surface area contributed by atoms with Crippen molar-refractivity contribution in [3.63, 3.8) is 0 Å². The molecule has 0 bridgehead atoms. The first-order valence-electron chi connectivity index (χ1n) is 14.4. The fraction of sp³-hybridized carbons (Fsp3) is 0.531. The number of nitrogens with zero attached hydrogens (tertiary/aromatic N) is 3. The van der Waals surface area contributed by atoms with Gasteiger partial charge in [0.05, 0.1) is 12.1 Å².